The molecule has 49 heavy (non-hydrogen) atoms. The van der Waals surface area contributed by atoms with E-state index in [4.69, 9.17) is 21.1 Å². The van der Waals surface area contributed by atoms with Crippen LogP contribution < -0.4 is 25.4 Å². The lowest BCUT2D eigenvalue weighted by molar-refractivity contribution is -0.116. The van der Waals surface area contributed by atoms with Gasteiger partial charge in [0.2, 0.25) is 5.91 Å². The smallest absolute Gasteiger partial charge is 0.272 e. The Morgan fingerprint density at radius 2 is 1.47 bits per heavy atom. The number of halogens is 1. The van der Waals surface area contributed by atoms with Gasteiger partial charge in [-0.2, -0.15) is 0 Å². The summed E-state index contributed by atoms with van der Waals surface area (Å²) in [6.45, 7) is 2.31. The van der Waals surface area contributed by atoms with Crippen LogP contribution in [0.5, 0.6) is 11.5 Å². The number of para-hydroxylation sites is 1. The molecule has 0 bridgehead atoms. The van der Waals surface area contributed by atoms with E-state index in [-0.39, 0.29) is 11.6 Å². The number of anilines is 2. The fourth-order valence-electron chi connectivity index (χ4n) is 4.82. The largest absolute Gasteiger partial charge is 0.495 e. The minimum atomic E-state index is -0.635. The van der Waals surface area contributed by atoms with Gasteiger partial charge in [0.05, 0.1) is 18.7 Å². The van der Waals surface area contributed by atoms with Gasteiger partial charge < -0.3 is 25.4 Å². The summed E-state index contributed by atoms with van der Waals surface area (Å²) in [5.41, 5.74) is 2.85. The average molecular weight is 692 g/mol. The summed E-state index contributed by atoms with van der Waals surface area (Å²) in [5, 5.41) is 8.37. The van der Waals surface area contributed by atoms with Crippen molar-refractivity contribution in [3.63, 3.8) is 0 Å². The number of carbonyl (C=O) groups is 3. The Kier molecular flexibility index (Phi) is 12.1. The maximum atomic E-state index is 13.8. The van der Waals surface area contributed by atoms with Gasteiger partial charge in [0.1, 0.15) is 22.4 Å². The lowest BCUT2D eigenvalue weighted by atomic mass is 10.1. The van der Waals surface area contributed by atoms with Crippen LogP contribution in [0, 0.1) is 0 Å². The van der Waals surface area contributed by atoms with E-state index in [0.717, 1.165) is 10.5 Å². The summed E-state index contributed by atoms with van der Waals surface area (Å²) in [7, 11) is 1.53. The summed E-state index contributed by atoms with van der Waals surface area (Å²) in [4.78, 5) is 41.3. The average Bonchev–Trinajstić information content (AvgIpc) is 3.12. The van der Waals surface area contributed by atoms with Crippen molar-refractivity contribution in [1.82, 2.24) is 5.32 Å². The van der Waals surface area contributed by atoms with Crippen LogP contribution in [0.1, 0.15) is 33.7 Å². The van der Waals surface area contributed by atoms with Gasteiger partial charge in [0, 0.05) is 27.4 Å². The highest BCUT2D eigenvalue weighted by atomic mass is 35.5. The molecule has 0 heterocycles. The van der Waals surface area contributed by atoms with Crippen molar-refractivity contribution >= 4 is 58.5 Å². The third kappa shape index (κ3) is 9.53. The number of hydrogen-bond donors (Lipinski definition) is 3. The molecule has 1 unspecified atom stereocenters. The molecule has 0 spiro atoms. The predicted octanol–water partition coefficient (Wildman–Crippen LogP) is 8.63. The van der Waals surface area contributed by atoms with Gasteiger partial charge in [-0.3, -0.25) is 14.4 Å². The van der Waals surface area contributed by atoms with E-state index >= 15 is 0 Å². The van der Waals surface area contributed by atoms with Crippen molar-refractivity contribution in [2.24, 2.45) is 0 Å². The van der Waals surface area contributed by atoms with Crippen LogP contribution in [0.3, 0.4) is 0 Å². The van der Waals surface area contributed by atoms with Crippen LogP contribution in [0.4, 0.5) is 11.4 Å². The fourth-order valence-corrected chi connectivity index (χ4v) is 6.16. The fraction of sp³-hybridized carbons (Fsp3) is 0.103. The molecule has 0 radical (unpaired) electrons. The van der Waals surface area contributed by atoms with Crippen molar-refractivity contribution in [2.45, 2.75) is 17.1 Å². The maximum absolute atomic E-state index is 13.8. The minimum Gasteiger partial charge on any atom is -0.495 e. The zero-order valence-electron chi connectivity index (χ0n) is 26.8. The molecule has 3 amide bonds. The van der Waals surface area contributed by atoms with Crippen LogP contribution >= 0.6 is 23.4 Å². The number of hydrogen-bond acceptors (Lipinski definition) is 6. The Balaban J connectivity index is 1.39. The molecule has 5 aromatic rings. The minimum absolute atomic E-state index is 0.0266. The van der Waals surface area contributed by atoms with Gasteiger partial charge in [-0.05, 0) is 73.2 Å². The first-order valence-corrected chi connectivity index (χ1v) is 16.7. The molecule has 5 aromatic carbocycles. The molecule has 0 aliphatic heterocycles. The maximum Gasteiger partial charge on any atom is 0.272 e. The molecule has 0 fully saturated rings. The summed E-state index contributed by atoms with van der Waals surface area (Å²) < 4.78 is 11.0. The Labute approximate surface area is 294 Å². The molecule has 0 saturated heterocycles. The second kappa shape index (κ2) is 17.1. The van der Waals surface area contributed by atoms with E-state index < -0.39 is 17.1 Å². The Morgan fingerprint density at radius 1 is 0.776 bits per heavy atom. The Bertz CT molecular complexity index is 1950. The monoisotopic (exact) mass is 691 g/mol. The highest BCUT2D eigenvalue weighted by Crippen LogP contribution is 2.38. The molecule has 3 N–H and O–H groups in total. The lowest BCUT2D eigenvalue weighted by Crippen LogP contribution is -2.30. The summed E-state index contributed by atoms with van der Waals surface area (Å²) in [6.07, 6.45) is 1.58. The SMILES string of the molecule is CCOc1ccccc1/C=C(/NC(=O)c1ccccc1)C(=O)Nc1cccc(SC(C(=O)Nc2ccc(OC)c(Cl)c2)c2ccccc2)c1. The Morgan fingerprint density at radius 3 is 2.18 bits per heavy atom. The number of nitrogens with one attached hydrogen (secondary N) is 3. The topological polar surface area (TPSA) is 106 Å². The number of amides is 3. The quantitative estimate of drug-likeness (QED) is 0.0843. The molecule has 0 aliphatic rings. The normalized spacial score (nSPS) is 11.6. The van der Waals surface area contributed by atoms with Gasteiger partial charge in [-0.15, -0.1) is 11.8 Å². The van der Waals surface area contributed by atoms with Crippen molar-refractivity contribution in [3.05, 3.63) is 155 Å². The van der Waals surface area contributed by atoms with E-state index in [1.54, 1.807) is 78.9 Å². The third-order valence-corrected chi connectivity index (χ3v) is 8.70. The molecule has 1 atom stereocenters. The summed E-state index contributed by atoms with van der Waals surface area (Å²) in [5.74, 6) is -0.149. The second-order valence-electron chi connectivity index (χ2n) is 10.6. The van der Waals surface area contributed by atoms with Crippen LogP contribution in [-0.4, -0.2) is 31.4 Å². The van der Waals surface area contributed by atoms with E-state index in [1.807, 2.05) is 61.5 Å². The van der Waals surface area contributed by atoms with Crippen LogP contribution in [0.25, 0.3) is 6.08 Å². The van der Waals surface area contributed by atoms with Crippen molar-refractivity contribution in [3.8, 4) is 11.5 Å². The number of ether oxygens (including phenoxy) is 2. The first-order valence-electron chi connectivity index (χ1n) is 15.4. The predicted molar refractivity (Wildman–Crippen MR) is 196 cm³/mol. The standard InChI is InChI=1S/C39H34ClN3O5S/c1-3-48-34-20-11-10-17-28(34)23-33(43-37(44)27-15-8-5-9-16-27)38(45)41-29-18-12-19-31(24-29)49-36(26-13-6-4-7-14-26)39(46)42-30-21-22-35(47-2)32(40)25-30/h4-25,36H,3H2,1-2H3,(H,41,45)(H,42,46)(H,43,44)/b33-23+. The molecular formula is C39H34ClN3O5S. The first-order chi connectivity index (χ1) is 23.8. The first kappa shape index (κ1) is 34.8. The van der Waals surface area contributed by atoms with E-state index in [1.165, 1.54) is 18.9 Å². The number of rotatable bonds is 13. The Hall–Kier alpha value is -5.51. The van der Waals surface area contributed by atoms with Crippen LogP contribution in [0.15, 0.2) is 138 Å². The van der Waals surface area contributed by atoms with Gasteiger partial charge in [-0.1, -0.05) is 84.4 Å². The van der Waals surface area contributed by atoms with Crippen LogP contribution in [0.2, 0.25) is 5.02 Å². The number of carbonyl (C=O) groups excluding carboxylic acids is 3. The number of methoxy groups -OCH3 is 1. The molecule has 248 valence electrons. The van der Waals surface area contributed by atoms with Gasteiger partial charge >= 0.3 is 0 Å². The number of thioether (sulfide) groups is 1. The molecular weight excluding hydrogens is 658 g/mol. The highest BCUT2D eigenvalue weighted by Gasteiger charge is 2.23. The zero-order valence-corrected chi connectivity index (χ0v) is 28.4. The van der Waals surface area contributed by atoms with Gasteiger partial charge in [-0.25, -0.2) is 0 Å². The van der Waals surface area contributed by atoms with Gasteiger partial charge in [0.25, 0.3) is 11.8 Å². The van der Waals surface area contributed by atoms with Crippen LogP contribution in [-0.2, 0) is 9.59 Å². The molecule has 0 aliphatic carbocycles. The van der Waals surface area contributed by atoms with E-state index in [0.29, 0.717) is 45.6 Å². The third-order valence-electron chi connectivity index (χ3n) is 7.15. The number of benzene rings is 5. The van der Waals surface area contributed by atoms with Crippen molar-refractivity contribution < 1.29 is 23.9 Å². The summed E-state index contributed by atoms with van der Waals surface area (Å²) >= 11 is 7.62. The molecule has 10 heteroatoms. The zero-order chi connectivity index (χ0) is 34.6. The highest BCUT2D eigenvalue weighted by molar-refractivity contribution is 8.00. The lowest BCUT2D eigenvalue weighted by Gasteiger charge is -2.18. The van der Waals surface area contributed by atoms with E-state index in [2.05, 4.69) is 16.0 Å². The van der Waals surface area contributed by atoms with E-state index in [9.17, 15) is 14.4 Å². The molecule has 0 aromatic heterocycles. The second-order valence-corrected chi connectivity index (χ2v) is 12.2. The van der Waals surface area contributed by atoms with Crippen molar-refractivity contribution in [2.75, 3.05) is 24.4 Å². The summed E-state index contributed by atoms with van der Waals surface area (Å²) in [6, 6.07) is 37.5. The molecule has 8 nitrogen and oxygen atoms in total. The van der Waals surface area contributed by atoms with Crippen molar-refractivity contribution in [1.29, 1.82) is 0 Å². The van der Waals surface area contributed by atoms with Gasteiger partial charge in [0.15, 0.2) is 0 Å². The molecule has 5 rings (SSSR count). The molecule has 0 saturated carbocycles.